The number of carbonyl (C=O) groups is 2. The Kier molecular flexibility index (Phi) is 5.20. The molecule has 0 unspecified atom stereocenters. The summed E-state index contributed by atoms with van der Waals surface area (Å²) in [6.45, 7) is 1.77. The molecule has 0 radical (unpaired) electrons. The third-order valence-electron chi connectivity index (χ3n) is 2.95. The average molecular weight is 329 g/mol. The Labute approximate surface area is 132 Å². The lowest BCUT2D eigenvalue weighted by atomic mass is 10.0. The fourth-order valence-corrected chi connectivity index (χ4v) is 2.38. The van der Waals surface area contributed by atoms with Crippen molar-refractivity contribution in [3.05, 3.63) is 33.8 Å². The number of nitrogens with zero attached hydrogens (tertiary/aromatic N) is 2. The van der Waals surface area contributed by atoms with Crippen molar-refractivity contribution >= 4 is 40.8 Å². The van der Waals surface area contributed by atoms with Crippen LogP contribution >= 0.6 is 23.2 Å². The lowest BCUT2D eigenvalue weighted by Crippen LogP contribution is -2.36. The van der Waals surface area contributed by atoms with Crippen LogP contribution in [0.25, 0.3) is 0 Å². The Morgan fingerprint density at radius 1 is 1.38 bits per heavy atom. The molecule has 112 valence electrons. The first kappa shape index (κ1) is 15.8. The van der Waals surface area contributed by atoms with Gasteiger partial charge < -0.3 is 4.74 Å². The van der Waals surface area contributed by atoms with E-state index in [1.54, 1.807) is 25.1 Å². The predicted molar refractivity (Wildman–Crippen MR) is 80.6 cm³/mol. The van der Waals surface area contributed by atoms with Crippen LogP contribution in [0.4, 0.5) is 0 Å². The number of rotatable bonds is 4. The fourth-order valence-electron chi connectivity index (χ4n) is 1.97. The van der Waals surface area contributed by atoms with Crippen molar-refractivity contribution in [1.29, 1.82) is 0 Å². The maximum absolute atomic E-state index is 11.8. The van der Waals surface area contributed by atoms with Crippen molar-refractivity contribution in [2.24, 2.45) is 5.10 Å². The van der Waals surface area contributed by atoms with Crippen molar-refractivity contribution < 1.29 is 14.3 Å². The van der Waals surface area contributed by atoms with E-state index >= 15 is 0 Å². The molecule has 21 heavy (non-hydrogen) atoms. The fraction of sp³-hybridized carbons (Fsp3) is 0.357. The van der Waals surface area contributed by atoms with Crippen LogP contribution in [0.15, 0.2) is 23.3 Å². The summed E-state index contributed by atoms with van der Waals surface area (Å²) in [6.07, 6.45) is 0.722. The number of hydrazone groups is 1. The first-order chi connectivity index (χ1) is 10.0. The molecule has 0 fully saturated rings. The monoisotopic (exact) mass is 328 g/mol. The summed E-state index contributed by atoms with van der Waals surface area (Å²) in [7, 11) is 0. The van der Waals surface area contributed by atoms with E-state index in [1.807, 2.05) is 0 Å². The van der Waals surface area contributed by atoms with Gasteiger partial charge in [0.2, 0.25) is 5.91 Å². The largest absolute Gasteiger partial charge is 0.465 e. The van der Waals surface area contributed by atoms with Crippen molar-refractivity contribution in [2.75, 3.05) is 13.2 Å². The highest BCUT2D eigenvalue weighted by Gasteiger charge is 2.25. The van der Waals surface area contributed by atoms with Crippen molar-refractivity contribution in [3.8, 4) is 0 Å². The molecule has 0 aliphatic carbocycles. The molecule has 1 amide bonds. The second-order valence-corrected chi connectivity index (χ2v) is 5.19. The minimum absolute atomic E-state index is 0.200. The molecule has 0 atom stereocenters. The summed E-state index contributed by atoms with van der Waals surface area (Å²) in [4.78, 5) is 23.3. The molecular weight excluding hydrogens is 315 g/mol. The lowest BCUT2D eigenvalue weighted by molar-refractivity contribution is -0.149. The second-order valence-electron chi connectivity index (χ2n) is 4.40. The molecule has 5 nitrogen and oxygen atoms in total. The highest BCUT2D eigenvalue weighted by molar-refractivity contribution is 6.44. The number of amides is 1. The molecule has 2 rings (SSSR count). The van der Waals surface area contributed by atoms with Crippen LogP contribution in [0.5, 0.6) is 0 Å². The smallest absolute Gasteiger partial charge is 0.327 e. The van der Waals surface area contributed by atoms with Gasteiger partial charge in [0.15, 0.2) is 0 Å². The molecule has 0 aromatic heterocycles. The maximum Gasteiger partial charge on any atom is 0.327 e. The van der Waals surface area contributed by atoms with Gasteiger partial charge in [-0.15, -0.1) is 0 Å². The lowest BCUT2D eigenvalue weighted by Gasteiger charge is -2.23. The van der Waals surface area contributed by atoms with Crippen molar-refractivity contribution in [2.45, 2.75) is 19.8 Å². The van der Waals surface area contributed by atoms with E-state index in [4.69, 9.17) is 27.9 Å². The highest BCUT2D eigenvalue weighted by atomic mass is 35.5. The Hall–Kier alpha value is -1.59. The normalized spacial score (nSPS) is 14.9. The van der Waals surface area contributed by atoms with Crippen LogP contribution in [0.2, 0.25) is 10.0 Å². The summed E-state index contributed by atoms with van der Waals surface area (Å²) in [5, 5.41) is 6.15. The van der Waals surface area contributed by atoms with E-state index in [1.165, 1.54) is 0 Å². The first-order valence-corrected chi connectivity index (χ1v) is 7.26. The summed E-state index contributed by atoms with van der Waals surface area (Å²) >= 11 is 12.1. The van der Waals surface area contributed by atoms with Gasteiger partial charge in [-0.25, -0.2) is 5.01 Å². The maximum atomic E-state index is 11.8. The van der Waals surface area contributed by atoms with Gasteiger partial charge in [0.1, 0.15) is 6.54 Å². The topological polar surface area (TPSA) is 59.0 Å². The Morgan fingerprint density at radius 2 is 2.14 bits per heavy atom. The Morgan fingerprint density at radius 3 is 2.86 bits per heavy atom. The van der Waals surface area contributed by atoms with Gasteiger partial charge in [0.25, 0.3) is 0 Å². The van der Waals surface area contributed by atoms with E-state index in [-0.39, 0.29) is 25.5 Å². The van der Waals surface area contributed by atoms with Gasteiger partial charge in [-0.3, -0.25) is 9.59 Å². The number of hydrogen-bond acceptors (Lipinski definition) is 4. The molecular formula is C14H14Cl2N2O3. The Bertz CT molecular complexity index is 602. The third kappa shape index (κ3) is 3.74. The van der Waals surface area contributed by atoms with Gasteiger partial charge in [-0.2, -0.15) is 5.10 Å². The standard InChI is InChI=1S/C14H14Cl2N2O3/c1-2-21-13(20)8-18-12(19)7-6-11(17-18)9-4-3-5-10(15)14(9)16/h3-5H,2,6-8H2,1H3. The summed E-state index contributed by atoms with van der Waals surface area (Å²) in [5.41, 5.74) is 1.30. The van der Waals surface area contributed by atoms with Crippen LogP contribution in [0.3, 0.4) is 0 Å². The van der Waals surface area contributed by atoms with Gasteiger partial charge >= 0.3 is 5.97 Å². The van der Waals surface area contributed by atoms with Crippen LogP contribution in [-0.4, -0.2) is 35.7 Å². The molecule has 0 bridgehead atoms. The van der Waals surface area contributed by atoms with Gasteiger partial charge in [0.05, 0.1) is 22.4 Å². The molecule has 1 aromatic rings. The molecule has 0 saturated carbocycles. The Balaban J connectivity index is 2.25. The predicted octanol–water partition coefficient (Wildman–Crippen LogP) is 2.88. The molecule has 0 N–H and O–H groups in total. The van der Waals surface area contributed by atoms with E-state index in [0.717, 1.165) is 5.01 Å². The quantitative estimate of drug-likeness (QED) is 0.798. The zero-order valence-corrected chi connectivity index (χ0v) is 12.9. The number of ether oxygens (including phenoxy) is 1. The van der Waals surface area contributed by atoms with Gasteiger partial charge in [-0.05, 0) is 13.0 Å². The minimum atomic E-state index is -0.493. The number of esters is 1. The van der Waals surface area contributed by atoms with Crippen LogP contribution < -0.4 is 0 Å². The van der Waals surface area contributed by atoms with Gasteiger partial charge in [0, 0.05) is 18.4 Å². The molecule has 1 aliphatic rings. The summed E-state index contributed by atoms with van der Waals surface area (Å²) in [5.74, 6) is -0.710. The first-order valence-electron chi connectivity index (χ1n) is 6.50. The molecule has 1 aliphatic heterocycles. The number of carbonyl (C=O) groups excluding carboxylic acids is 2. The van der Waals surface area contributed by atoms with E-state index in [2.05, 4.69) is 5.10 Å². The molecule has 0 saturated heterocycles. The van der Waals surface area contributed by atoms with E-state index in [0.29, 0.717) is 27.7 Å². The second kappa shape index (κ2) is 6.91. The molecule has 1 aromatic carbocycles. The number of hydrogen-bond donors (Lipinski definition) is 0. The molecule has 7 heteroatoms. The van der Waals surface area contributed by atoms with E-state index < -0.39 is 5.97 Å². The van der Waals surface area contributed by atoms with Crippen LogP contribution in [-0.2, 0) is 14.3 Å². The molecule has 1 heterocycles. The SMILES string of the molecule is CCOC(=O)CN1N=C(c2cccc(Cl)c2Cl)CCC1=O. The zero-order chi connectivity index (χ0) is 15.4. The molecule has 0 spiro atoms. The number of halogens is 2. The van der Waals surface area contributed by atoms with Crippen LogP contribution in [0, 0.1) is 0 Å². The van der Waals surface area contributed by atoms with E-state index in [9.17, 15) is 9.59 Å². The highest BCUT2D eigenvalue weighted by Crippen LogP contribution is 2.28. The zero-order valence-electron chi connectivity index (χ0n) is 11.4. The average Bonchev–Trinajstić information content (AvgIpc) is 2.45. The summed E-state index contributed by atoms with van der Waals surface area (Å²) in [6, 6.07) is 5.22. The van der Waals surface area contributed by atoms with Gasteiger partial charge in [-0.1, -0.05) is 35.3 Å². The van der Waals surface area contributed by atoms with Crippen LogP contribution in [0.1, 0.15) is 25.3 Å². The van der Waals surface area contributed by atoms with Crippen molar-refractivity contribution in [3.63, 3.8) is 0 Å². The summed E-state index contributed by atoms with van der Waals surface area (Å²) < 4.78 is 4.83. The van der Waals surface area contributed by atoms with Crippen molar-refractivity contribution in [1.82, 2.24) is 5.01 Å². The number of benzene rings is 1. The minimum Gasteiger partial charge on any atom is -0.465 e. The third-order valence-corrected chi connectivity index (χ3v) is 3.77.